The molecule has 1 aromatic heterocycles. The molecule has 0 saturated heterocycles. The molecule has 16 heavy (non-hydrogen) atoms. The van der Waals surface area contributed by atoms with Crippen molar-refractivity contribution in [2.45, 2.75) is 19.4 Å². The van der Waals surface area contributed by atoms with Crippen molar-refractivity contribution >= 4 is 23.7 Å². The summed E-state index contributed by atoms with van der Waals surface area (Å²) in [6.45, 7) is 4.35. The standard InChI is InChI=1S/C10H14ClN3O2/c1-10(2,16-3)5-12-9-7(4-15)8(11)13-6-14-9/h4,6H,5H2,1-3H3,(H,12,13,14). The number of nitrogens with zero attached hydrogens (tertiary/aromatic N) is 2. The van der Waals surface area contributed by atoms with Gasteiger partial charge in [0.15, 0.2) is 6.29 Å². The van der Waals surface area contributed by atoms with Gasteiger partial charge in [-0.1, -0.05) is 11.6 Å². The van der Waals surface area contributed by atoms with Crippen LogP contribution in [0.1, 0.15) is 24.2 Å². The molecule has 0 aliphatic carbocycles. The van der Waals surface area contributed by atoms with Gasteiger partial charge in [0.2, 0.25) is 0 Å². The van der Waals surface area contributed by atoms with Gasteiger partial charge in [-0.25, -0.2) is 9.97 Å². The Labute approximate surface area is 99.2 Å². The predicted molar refractivity (Wildman–Crippen MR) is 62.0 cm³/mol. The lowest BCUT2D eigenvalue weighted by Gasteiger charge is -2.23. The number of nitrogens with one attached hydrogen (secondary N) is 1. The second-order valence-corrected chi connectivity index (χ2v) is 4.22. The fourth-order valence-electron chi connectivity index (χ4n) is 0.988. The maximum atomic E-state index is 10.8. The number of methoxy groups -OCH3 is 1. The van der Waals surface area contributed by atoms with E-state index in [1.807, 2.05) is 13.8 Å². The first kappa shape index (κ1) is 12.9. The summed E-state index contributed by atoms with van der Waals surface area (Å²) < 4.78 is 5.24. The Morgan fingerprint density at radius 3 is 2.81 bits per heavy atom. The molecule has 0 saturated carbocycles. The van der Waals surface area contributed by atoms with Gasteiger partial charge in [0.1, 0.15) is 17.3 Å². The number of aldehydes is 1. The number of ether oxygens (including phenoxy) is 1. The molecule has 1 N–H and O–H groups in total. The molecule has 0 unspecified atom stereocenters. The van der Waals surface area contributed by atoms with E-state index in [9.17, 15) is 4.79 Å². The first-order valence-electron chi connectivity index (χ1n) is 4.75. The third-order valence-corrected chi connectivity index (χ3v) is 2.49. The average molecular weight is 244 g/mol. The highest BCUT2D eigenvalue weighted by Gasteiger charge is 2.17. The monoisotopic (exact) mass is 243 g/mol. The van der Waals surface area contributed by atoms with Crippen LogP contribution in [-0.2, 0) is 4.74 Å². The molecule has 0 aliphatic rings. The van der Waals surface area contributed by atoms with E-state index in [0.29, 0.717) is 18.6 Å². The summed E-state index contributed by atoms with van der Waals surface area (Å²) in [4.78, 5) is 18.5. The molecule has 1 aromatic rings. The summed E-state index contributed by atoms with van der Waals surface area (Å²) in [6, 6.07) is 0. The molecule has 0 atom stereocenters. The maximum Gasteiger partial charge on any atom is 0.156 e. The Morgan fingerprint density at radius 2 is 2.25 bits per heavy atom. The molecule has 5 nitrogen and oxygen atoms in total. The fraction of sp³-hybridized carbons (Fsp3) is 0.500. The van der Waals surface area contributed by atoms with Crippen LogP contribution in [0, 0.1) is 0 Å². The number of hydrogen-bond donors (Lipinski definition) is 1. The molecule has 0 spiro atoms. The van der Waals surface area contributed by atoms with Crippen LogP contribution in [0.15, 0.2) is 6.33 Å². The van der Waals surface area contributed by atoms with Crippen LogP contribution in [0.2, 0.25) is 5.15 Å². The van der Waals surface area contributed by atoms with Gasteiger partial charge in [-0.2, -0.15) is 0 Å². The van der Waals surface area contributed by atoms with Gasteiger partial charge in [0, 0.05) is 13.7 Å². The average Bonchev–Trinajstić information content (AvgIpc) is 2.26. The smallest absolute Gasteiger partial charge is 0.156 e. The highest BCUT2D eigenvalue weighted by Crippen LogP contribution is 2.18. The number of rotatable bonds is 5. The van der Waals surface area contributed by atoms with Crippen molar-refractivity contribution in [1.82, 2.24) is 9.97 Å². The molecule has 0 amide bonds. The van der Waals surface area contributed by atoms with Crippen molar-refractivity contribution in [3.8, 4) is 0 Å². The van der Waals surface area contributed by atoms with Crippen LogP contribution in [0.5, 0.6) is 0 Å². The van der Waals surface area contributed by atoms with Gasteiger partial charge in [0.25, 0.3) is 0 Å². The Hall–Kier alpha value is -1.20. The summed E-state index contributed by atoms with van der Waals surface area (Å²) in [6.07, 6.45) is 1.93. The van der Waals surface area contributed by atoms with E-state index in [4.69, 9.17) is 16.3 Å². The molecule has 6 heteroatoms. The van der Waals surface area contributed by atoms with Crippen molar-refractivity contribution in [1.29, 1.82) is 0 Å². The molecule has 1 heterocycles. The SMILES string of the molecule is COC(C)(C)CNc1ncnc(Cl)c1C=O. The van der Waals surface area contributed by atoms with Crippen molar-refractivity contribution in [2.75, 3.05) is 19.0 Å². The lowest BCUT2D eigenvalue weighted by Crippen LogP contribution is -2.32. The molecule has 0 fully saturated rings. The van der Waals surface area contributed by atoms with E-state index < -0.39 is 0 Å². The zero-order chi connectivity index (χ0) is 12.2. The quantitative estimate of drug-likeness (QED) is 0.631. The van der Waals surface area contributed by atoms with Gasteiger partial charge in [-0.3, -0.25) is 4.79 Å². The minimum Gasteiger partial charge on any atom is -0.377 e. The molecule has 88 valence electrons. The molecule has 0 aliphatic heterocycles. The molecular weight excluding hydrogens is 230 g/mol. The fourth-order valence-corrected chi connectivity index (χ4v) is 1.17. The summed E-state index contributed by atoms with van der Waals surface area (Å²) in [5.74, 6) is 0.417. The first-order valence-corrected chi connectivity index (χ1v) is 5.12. The summed E-state index contributed by atoms with van der Waals surface area (Å²) in [7, 11) is 1.62. The Kier molecular flexibility index (Phi) is 4.20. The molecule has 0 aromatic carbocycles. The summed E-state index contributed by atoms with van der Waals surface area (Å²) >= 11 is 5.76. The van der Waals surface area contributed by atoms with Crippen LogP contribution in [0.25, 0.3) is 0 Å². The van der Waals surface area contributed by atoms with Crippen molar-refractivity contribution in [2.24, 2.45) is 0 Å². The first-order chi connectivity index (χ1) is 7.50. The van der Waals surface area contributed by atoms with E-state index >= 15 is 0 Å². The van der Waals surface area contributed by atoms with Crippen LogP contribution in [-0.4, -0.2) is 35.5 Å². The number of anilines is 1. The van der Waals surface area contributed by atoms with E-state index in [1.165, 1.54) is 6.33 Å². The normalized spacial score (nSPS) is 11.2. The van der Waals surface area contributed by atoms with Crippen LogP contribution in [0.4, 0.5) is 5.82 Å². The summed E-state index contributed by atoms with van der Waals surface area (Å²) in [5.41, 5.74) is -0.0894. The number of carbonyl (C=O) groups is 1. The Bertz CT molecular complexity index is 382. The Balaban J connectivity index is 2.82. The third kappa shape index (κ3) is 3.15. The topological polar surface area (TPSA) is 64.1 Å². The van der Waals surface area contributed by atoms with Gasteiger partial charge < -0.3 is 10.1 Å². The lowest BCUT2D eigenvalue weighted by molar-refractivity contribution is 0.0343. The van der Waals surface area contributed by atoms with E-state index in [-0.39, 0.29) is 16.3 Å². The van der Waals surface area contributed by atoms with Crippen molar-refractivity contribution in [3.05, 3.63) is 17.0 Å². The van der Waals surface area contributed by atoms with Gasteiger partial charge in [0.05, 0.1) is 11.2 Å². The minimum atomic E-state index is -0.350. The molecule has 1 rings (SSSR count). The minimum absolute atomic E-state index is 0.141. The highest BCUT2D eigenvalue weighted by atomic mass is 35.5. The summed E-state index contributed by atoms with van der Waals surface area (Å²) in [5, 5.41) is 3.15. The second-order valence-electron chi connectivity index (χ2n) is 3.86. The van der Waals surface area contributed by atoms with Gasteiger partial charge in [-0.15, -0.1) is 0 Å². The molecule has 0 radical (unpaired) electrons. The van der Waals surface area contributed by atoms with Crippen molar-refractivity contribution < 1.29 is 9.53 Å². The maximum absolute atomic E-state index is 10.8. The predicted octanol–water partition coefficient (Wildman–Crippen LogP) is 1.78. The Morgan fingerprint density at radius 1 is 1.56 bits per heavy atom. The number of halogens is 1. The van der Waals surface area contributed by atoms with E-state index in [2.05, 4.69) is 15.3 Å². The number of aromatic nitrogens is 2. The van der Waals surface area contributed by atoms with Gasteiger partial charge in [-0.05, 0) is 13.8 Å². The molecule has 0 bridgehead atoms. The number of carbonyl (C=O) groups excluding carboxylic acids is 1. The van der Waals surface area contributed by atoms with E-state index in [1.54, 1.807) is 7.11 Å². The number of hydrogen-bond acceptors (Lipinski definition) is 5. The van der Waals surface area contributed by atoms with Gasteiger partial charge >= 0.3 is 0 Å². The van der Waals surface area contributed by atoms with Crippen LogP contribution < -0.4 is 5.32 Å². The second kappa shape index (κ2) is 5.23. The van der Waals surface area contributed by atoms with Crippen LogP contribution in [0.3, 0.4) is 0 Å². The molecular formula is C10H14ClN3O2. The zero-order valence-electron chi connectivity index (χ0n) is 9.45. The largest absolute Gasteiger partial charge is 0.377 e. The van der Waals surface area contributed by atoms with E-state index in [0.717, 1.165) is 0 Å². The zero-order valence-corrected chi connectivity index (χ0v) is 10.2. The third-order valence-electron chi connectivity index (χ3n) is 2.19. The van der Waals surface area contributed by atoms with Crippen LogP contribution >= 0.6 is 11.6 Å². The lowest BCUT2D eigenvalue weighted by atomic mass is 10.1. The highest BCUT2D eigenvalue weighted by molar-refractivity contribution is 6.32. The van der Waals surface area contributed by atoms with Crippen molar-refractivity contribution in [3.63, 3.8) is 0 Å².